The lowest BCUT2D eigenvalue weighted by Crippen LogP contribution is -2.35. The quantitative estimate of drug-likeness (QED) is 0.909. The van der Waals surface area contributed by atoms with Gasteiger partial charge in [-0.3, -0.25) is 0 Å². The second kappa shape index (κ2) is 5.10. The maximum absolute atomic E-state index is 6.15. The van der Waals surface area contributed by atoms with Gasteiger partial charge in [-0.2, -0.15) is 0 Å². The summed E-state index contributed by atoms with van der Waals surface area (Å²) in [5.74, 6) is 0.984. The van der Waals surface area contributed by atoms with Crippen LogP contribution in [0.1, 0.15) is 18.4 Å². The topological polar surface area (TPSA) is 24.5 Å². The lowest BCUT2D eigenvalue weighted by Gasteiger charge is -2.29. The molecule has 4 heteroatoms. The molecule has 0 amide bonds. The van der Waals surface area contributed by atoms with Crippen LogP contribution in [0.25, 0.3) is 0 Å². The van der Waals surface area contributed by atoms with Gasteiger partial charge in [0.15, 0.2) is 0 Å². The molecule has 0 radical (unpaired) electrons. The van der Waals surface area contributed by atoms with E-state index in [4.69, 9.17) is 4.74 Å². The first-order valence-corrected chi connectivity index (χ1v) is 7.43. The molecular weight excluding hydrogens is 292 g/mol. The average molecular weight is 311 g/mol. The van der Waals surface area contributed by atoms with Crippen LogP contribution in [-0.4, -0.2) is 37.7 Å². The van der Waals surface area contributed by atoms with E-state index in [-0.39, 0.29) is 0 Å². The molecular formula is C14H19BrN2O. The SMILES string of the molecule is CN1CCC(Oc2cc3c(cc2Br)CCN3)CC1. The monoisotopic (exact) mass is 310 g/mol. The van der Waals surface area contributed by atoms with Gasteiger partial charge in [0.05, 0.1) is 4.47 Å². The van der Waals surface area contributed by atoms with Crippen LogP contribution < -0.4 is 10.1 Å². The van der Waals surface area contributed by atoms with E-state index in [0.717, 1.165) is 49.1 Å². The van der Waals surface area contributed by atoms with E-state index in [0.29, 0.717) is 6.10 Å². The van der Waals surface area contributed by atoms with Crippen LogP contribution >= 0.6 is 15.9 Å². The first-order valence-electron chi connectivity index (χ1n) is 6.64. The second-order valence-corrected chi connectivity index (χ2v) is 6.09. The highest BCUT2D eigenvalue weighted by Gasteiger charge is 2.20. The fraction of sp³-hybridized carbons (Fsp3) is 0.571. The standard InChI is InChI=1S/C14H19BrN2O/c1-17-6-3-11(4-7-17)18-14-9-13-10(2-5-16-13)8-12(14)15/h8-9,11,16H,2-7H2,1H3. The number of ether oxygens (including phenoxy) is 1. The summed E-state index contributed by atoms with van der Waals surface area (Å²) in [4.78, 5) is 2.36. The first kappa shape index (κ1) is 12.3. The molecule has 0 atom stereocenters. The third-order valence-corrected chi connectivity index (χ3v) is 4.45. The molecule has 0 bridgehead atoms. The van der Waals surface area contributed by atoms with E-state index in [9.17, 15) is 0 Å². The molecule has 1 N–H and O–H groups in total. The van der Waals surface area contributed by atoms with Crippen molar-refractivity contribution in [2.45, 2.75) is 25.4 Å². The molecule has 0 spiro atoms. The lowest BCUT2D eigenvalue weighted by atomic mass is 10.1. The highest BCUT2D eigenvalue weighted by Crippen LogP contribution is 2.35. The number of benzene rings is 1. The summed E-state index contributed by atoms with van der Waals surface area (Å²) < 4.78 is 7.23. The molecule has 1 saturated heterocycles. The van der Waals surface area contributed by atoms with Gasteiger partial charge in [-0.05, 0) is 53.9 Å². The fourth-order valence-electron chi connectivity index (χ4n) is 2.67. The van der Waals surface area contributed by atoms with Crippen molar-refractivity contribution in [3.8, 4) is 5.75 Å². The number of nitrogens with zero attached hydrogens (tertiary/aromatic N) is 1. The number of fused-ring (bicyclic) bond motifs is 1. The van der Waals surface area contributed by atoms with E-state index in [1.807, 2.05) is 0 Å². The Labute approximate surface area is 117 Å². The molecule has 18 heavy (non-hydrogen) atoms. The van der Waals surface area contributed by atoms with Crippen LogP contribution in [0.15, 0.2) is 16.6 Å². The van der Waals surface area contributed by atoms with Gasteiger partial charge >= 0.3 is 0 Å². The molecule has 0 aliphatic carbocycles. The van der Waals surface area contributed by atoms with Gasteiger partial charge in [-0.25, -0.2) is 0 Å². The van der Waals surface area contributed by atoms with Gasteiger partial charge in [0, 0.05) is 31.4 Å². The van der Waals surface area contributed by atoms with Gasteiger partial charge < -0.3 is 15.0 Å². The van der Waals surface area contributed by atoms with E-state index in [2.05, 4.69) is 45.3 Å². The number of hydrogen-bond acceptors (Lipinski definition) is 3. The zero-order valence-corrected chi connectivity index (χ0v) is 12.3. The molecule has 98 valence electrons. The molecule has 0 aromatic heterocycles. The molecule has 0 unspecified atom stereocenters. The fourth-order valence-corrected chi connectivity index (χ4v) is 3.15. The maximum atomic E-state index is 6.15. The Hall–Kier alpha value is -0.740. The normalized spacial score (nSPS) is 20.6. The Morgan fingerprint density at radius 2 is 2.11 bits per heavy atom. The molecule has 2 aliphatic heterocycles. The van der Waals surface area contributed by atoms with Gasteiger partial charge in [-0.15, -0.1) is 0 Å². The molecule has 3 rings (SSSR count). The van der Waals surface area contributed by atoms with Crippen LogP contribution in [0.2, 0.25) is 0 Å². The highest BCUT2D eigenvalue weighted by atomic mass is 79.9. The Morgan fingerprint density at radius 3 is 2.89 bits per heavy atom. The Morgan fingerprint density at radius 1 is 1.33 bits per heavy atom. The average Bonchev–Trinajstić information content (AvgIpc) is 2.79. The van der Waals surface area contributed by atoms with Crippen molar-refractivity contribution >= 4 is 21.6 Å². The summed E-state index contributed by atoms with van der Waals surface area (Å²) in [5, 5.41) is 3.40. The van der Waals surface area contributed by atoms with Gasteiger partial charge in [0.25, 0.3) is 0 Å². The van der Waals surface area contributed by atoms with Crippen molar-refractivity contribution in [2.24, 2.45) is 0 Å². The molecule has 0 saturated carbocycles. The van der Waals surface area contributed by atoms with Crippen molar-refractivity contribution in [2.75, 3.05) is 32.0 Å². The number of likely N-dealkylation sites (tertiary alicyclic amines) is 1. The molecule has 1 aromatic carbocycles. The summed E-state index contributed by atoms with van der Waals surface area (Å²) in [5.41, 5.74) is 2.62. The summed E-state index contributed by atoms with van der Waals surface area (Å²) >= 11 is 3.63. The van der Waals surface area contributed by atoms with E-state index in [1.165, 1.54) is 11.3 Å². The largest absolute Gasteiger partial charge is 0.489 e. The lowest BCUT2D eigenvalue weighted by molar-refractivity contribution is 0.113. The number of anilines is 1. The van der Waals surface area contributed by atoms with Crippen molar-refractivity contribution in [1.82, 2.24) is 4.90 Å². The predicted molar refractivity (Wildman–Crippen MR) is 77.5 cm³/mol. The first-order chi connectivity index (χ1) is 8.72. The second-order valence-electron chi connectivity index (χ2n) is 5.24. The molecule has 3 nitrogen and oxygen atoms in total. The minimum atomic E-state index is 0.358. The smallest absolute Gasteiger partial charge is 0.135 e. The van der Waals surface area contributed by atoms with Crippen LogP contribution in [0, 0.1) is 0 Å². The van der Waals surface area contributed by atoms with Crippen LogP contribution in [0.4, 0.5) is 5.69 Å². The van der Waals surface area contributed by atoms with Gasteiger partial charge in [0.2, 0.25) is 0 Å². The van der Waals surface area contributed by atoms with Gasteiger partial charge in [0.1, 0.15) is 11.9 Å². The van der Waals surface area contributed by atoms with E-state index >= 15 is 0 Å². The van der Waals surface area contributed by atoms with Crippen molar-refractivity contribution in [3.63, 3.8) is 0 Å². The highest BCUT2D eigenvalue weighted by molar-refractivity contribution is 9.10. The van der Waals surface area contributed by atoms with Crippen LogP contribution in [0.3, 0.4) is 0 Å². The molecule has 1 aromatic rings. The zero-order chi connectivity index (χ0) is 12.5. The zero-order valence-electron chi connectivity index (χ0n) is 10.7. The number of nitrogens with one attached hydrogen (secondary N) is 1. The number of hydrogen-bond donors (Lipinski definition) is 1. The maximum Gasteiger partial charge on any atom is 0.135 e. The molecule has 2 heterocycles. The number of rotatable bonds is 2. The van der Waals surface area contributed by atoms with Crippen LogP contribution in [-0.2, 0) is 6.42 Å². The minimum Gasteiger partial charge on any atom is -0.489 e. The van der Waals surface area contributed by atoms with Gasteiger partial charge in [-0.1, -0.05) is 0 Å². The van der Waals surface area contributed by atoms with Crippen LogP contribution in [0.5, 0.6) is 5.75 Å². The predicted octanol–water partition coefficient (Wildman–Crippen LogP) is 2.89. The summed E-state index contributed by atoms with van der Waals surface area (Å²) in [6, 6.07) is 4.34. The van der Waals surface area contributed by atoms with Crippen molar-refractivity contribution in [3.05, 3.63) is 22.2 Å². The van der Waals surface area contributed by atoms with E-state index in [1.54, 1.807) is 0 Å². The Kier molecular flexibility index (Phi) is 3.48. The Balaban J connectivity index is 1.73. The van der Waals surface area contributed by atoms with E-state index < -0.39 is 0 Å². The molecule has 1 fully saturated rings. The number of piperidine rings is 1. The van der Waals surface area contributed by atoms with Crippen molar-refractivity contribution < 1.29 is 4.74 Å². The minimum absolute atomic E-state index is 0.358. The summed E-state index contributed by atoms with van der Waals surface area (Å²) in [6.07, 6.45) is 3.71. The summed E-state index contributed by atoms with van der Waals surface area (Å²) in [6.45, 7) is 3.30. The Bertz CT molecular complexity index is 442. The number of halogens is 1. The van der Waals surface area contributed by atoms with Crippen molar-refractivity contribution in [1.29, 1.82) is 0 Å². The molecule has 2 aliphatic rings. The third kappa shape index (κ3) is 2.50. The summed E-state index contributed by atoms with van der Waals surface area (Å²) in [7, 11) is 2.17. The third-order valence-electron chi connectivity index (χ3n) is 3.83.